The number of rotatable bonds is 3. The van der Waals surface area contributed by atoms with Gasteiger partial charge in [0.2, 0.25) is 0 Å². The van der Waals surface area contributed by atoms with Crippen molar-refractivity contribution in [2.24, 2.45) is 0 Å². The lowest BCUT2D eigenvalue weighted by Gasteiger charge is -2.30. The van der Waals surface area contributed by atoms with Crippen molar-refractivity contribution >= 4 is 5.69 Å². The van der Waals surface area contributed by atoms with E-state index >= 15 is 0 Å². The minimum Gasteiger partial charge on any atom is -0.380 e. The Morgan fingerprint density at radius 1 is 1.56 bits per heavy atom. The smallest absolute Gasteiger partial charge is 0.147 e. The summed E-state index contributed by atoms with van der Waals surface area (Å²) < 4.78 is 19.3. The summed E-state index contributed by atoms with van der Waals surface area (Å²) in [4.78, 5) is 0. The van der Waals surface area contributed by atoms with Crippen molar-refractivity contribution in [2.75, 3.05) is 11.9 Å². The van der Waals surface area contributed by atoms with Crippen LogP contribution in [0, 0.1) is 17.1 Å². The minimum absolute atomic E-state index is 0.242. The number of benzene rings is 1. The van der Waals surface area contributed by atoms with Gasteiger partial charge in [-0.2, -0.15) is 5.26 Å². The van der Waals surface area contributed by atoms with Crippen molar-refractivity contribution in [3.8, 4) is 6.07 Å². The Kier molecular flexibility index (Phi) is 4.16. The molecule has 96 valence electrons. The number of hydrogen-bond donors (Lipinski definition) is 1. The zero-order valence-corrected chi connectivity index (χ0v) is 10.4. The predicted molar refractivity (Wildman–Crippen MR) is 67.8 cm³/mol. The molecule has 1 aliphatic rings. The van der Waals surface area contributed by atoms with E-state index in [0.717, 1.165) is 19.3 Å². The lowest BCUT2D eigenvalue weighted by Crippen LogP contribution is -2.33. The summed E-state index contributed by atoms with van der Waals surface area (Å²) in [5.74, 6) is -0.367. The fourth-order valence-electron chi connectivity index (χ4n) is 2.22. The molecule has 0 aromatic heterocycles. The lowest BCUT2D eigenvalue weighted by molar-refractivity contribution is 0.00921. The number of hydrogen-bond acceptors (Lipinski definition) is 3. The SMILES string of the molecule is CCC1CC(Nc2ccc(C#N)cc2F)CCO1. The molecule has 1 fully saturated rings. The molecule has 1 aromatic carbocycles. The van der Waals surface area contributed by atoms with Gasteiger partial charge in [0.05, 0.1) is 23.4 Å². The summed E-state index contributed by atoms with van der Waals surface area (Å²) in [6, 6.07) is 6.69. The van der Waals surface area contributed by atoms with Crippen molar-refractivity contribution in [3.63, 3.8) is 0 Å². The largest absolute Gasteiger partial charge is 0.380 e. The Hall–Kier alpha value is -1.60. The van der Waals surface area contributed by atoms with E-state index in [-0.39, 0.29) is 18.0 Å². The number of nitriles is 1. The number of anilines is 1. The Morgan fingerprint density at radius 3 is 3.06 bits per heavy atom. The second kappa shape index (κ2) is 5.83. The van der Waals surface area contributed by atoms with E-state index in [1.807, 2.05) is 6.07 Å². The minimum atomic E-state index is -0.367. The van der Waals surface area contributed by atoms with Crippen LogP contribution >= 0.6 is 0 Å². The lowest BCUT2D eigenvalue weighted by atomic mass is 10.0. The molecular formula is C14H17FN2O. The van der Waals surface area contributed by atoms with Crippen molar-refractivity contribution in [2.45, 2.75) is 38.3 Å². The number of halogens is 1. The van der Waals surface area contributed by atoms with Crippen LogP contribution in [0.3, 0.4) is 0 Å². The van der Waals surface area contributed by atoms with Crippen LogP contribution in [-0.4, -0.2) is 18.8 Å². The Labute approximate surface area is 107 Å². The molecule has 0 amide bonds. The highest BCUT2D eigenvalue weighted by atomic mass is 19.1. The molecular weight excluding hydrogens is 231 g/mol. The van der Waals surface area contributed by atoms with E-state index < -0.39 is 0 Å². The van der Waals surface area contributed by atoms with E-state index in [1.54, 1.807) is 12.1 Å². The summed E-state index contributed by atoms with van der Waals surface area (Å²) >= 11 is 0. The first-order valence-electron chi connectivity index (χ1n) is 6.30. The molecule has 1 aromatic rings. The standard InChI is InChI=1S/C14H17FN2O/c1-2-12-8-11(5-6-18-12)17-14-4-3-10(9-16)7-13(14)15/h3-4,7,11-12,17H,2,5-6,8H2,1H3. The highest BCUT2D eigenvalue weighted by Gasteiger charge is 2.21. The molecule has 2 unspecified atom stereocenters. The monoisotopic (exact) mass is 248 g/mol. The Balaban J connectivity index is 2.03. The van der Waals surface area contributed by atoms with Gasteiger partial charge < -0.3 is 10.1 Å². The van der Waals surface area contributed by atoms with Crippen LogP contribution in [-0.2, 0) is 4.74 Å². The summed E-state index contributed by atoms with van der Waals surface area (Å²) in [7, 11) is 0. The van der Waals surface area contributed by atoms with E-state index in [4.69, 9.17) is 10.00 Å². The van der Waals surface area contributed by atoms with Gasteiger partial charge in [-0.25, -0.2) is 4.39 Å². The maximum atomic E-state index is 13.7. The predicted octanol–water partition coefficient (Wildman–Crippen LogP) is 3.07. The van der Waals surface area contributed by atoms with Gasteiger partial charge in [0.1, 0.15) is 5.82 Å². The molecule has 1 aliphatic heterocycles. The second-order valence-electron chi connectivity index (χ2n) is 4.57. The molecule has 0 bridgehead atoms. The molecule has 1 heterocycles. The third-order valence-electron chi connectivity index (χ3n) is 3.28. The van der Waals surface area contributed by atoms with Crippen LogP contribution in [0.15, 0.2) is 18.2 Å². The molecule has 4 heteroatoms. The van der Waals surface area contributed by atoms with Crippen LogP contribution < -0.4 is 5.32 Å². The van der Waals surface area contributed by atoms with Gasteiger partial charge in [0.15, 0.2) is 0 Å². The van der Waals surface area contributed by atoms with E-state index in [2.05, 4.69) is 12.2 Å². The van der Waals surface area contributed by atoms with Gasteiger partial charge in [0.25, 0.3) is 0 Å². The third-order valence-corrected chi connectivity index (χ3v) is 3.28. The first-order valence-corrected chi connectivity index (χ1v) is 6.30. The molecule has 1 N–H and O–H groups in total. The Bertz CT molecular complexity index is 456. The third kappa shape index (κ3) is 2.99. The van der Waals surface area contributed by atoms with Crippen molar-refractivity contribution in [1.82, 2.24) is 0 Å². The van der Waals surface area contributed by atoms with Crippen LogP contribution in [0.4, 0.5) is 10.1 Å². The van der Waals surface area contributed by atoms with Gasteiger partial charge in [-0.15, -0.1) is 0 Å². The second-order valence-corrected chi connectivity index (χ2v) is 4.57. The first kappa shape index (κ1) is 12.8. The fraction of sp³-hybridized carbons (Fsp3) is 0.500. The molecule has 0 aliphatic carbocycles. The molecule has 3 nitrogen and oxygen atoms in total. The Morgan fingerprint density at radius 2 is 2.39 bits per heavy atom. The molecule has 1 saturated heterocycles. The quantitative estimate of drug-likeness (QED) is 0.894. The maximum Gasteiger partial charge on any atom is 0.147 e. The van der Waals surface area contributed by atoms with Gasteiger partial charge in [-0.1, -0.05) is 6.92 Å². The fourth-order valence-corrected chi connectivity index (χ4v) is 2.22. The summed E-state index contributed by atoms with van der Waals surface area (Å²) in [6.07, 6.45) is 3.03. The summed E-state index contributed by atoms with van der Waals surface area (Å²) in [5, 5.41) is 11.9. The summed E-state index contributed by atoms with van der Waals surface area (Å²) in [6.45, 7) is 2.81. The topological polar surface area (TPSA) is 45.0 Å². The molecule has 0 saturated carbocycles. The van der Waals surface area contributed by atoms with Gasteiger partial charge >= 0.3 is 0 Å². The average molecular weight is 248 g/mol. The van der Waals surface area contributed by atoms with Crippen molar-refractivity contribution in [3.05, 3.63) is 29.6 Å². The maximum absolute atomic E-state index is 13.7. The van der Waals surface area contributed by atoms with Crippen LogP contribution in [0.1, 0.15) is 31.7 Å². The zero-order valence-electron chi connectivity index (χ0n) is 10.4. The normalized spacial score (nSPS) is 23.4. The van der Waals surface area contributed by atoms with Gasteiger partial charge in [-0.05, 0) is 37.5 Å². The number of nitrogens with one attached hydrogen (secondary N) is 1. The molecule has 0 radical (unpaired) electrons. The van der Waals surface area contributed by atoms with E-state index in [1.165, 1.54) is 6.07 Å². The summed E-state index contributed by atoms with van der Waals surface area (Å²) in [5.41, 5.74) is 0.812. The zero-order chi connectivity index (χ0) is 13.0. The van der Waals surface area contributed by atoms with Crippen LogP contribution in [0.2, 0.25) is 0 Å². The van der Waals surface area contributed by atoms with Gasteiger partial charge in [0, 0.05) is 12.6 Å². The molecule has 2 rings (SSSR count). The number of nitrogens with zero attached hydrogens (tertiary/aromatic N) is 1. The van der Waals surface area contributed by atoms with Crippen LogP contribution in [0.5, 0.6) is 0 Å². The molecule has 0 spiro atoms. The molecule has 2 atom stereocenters. The number of ether oxygens (including phenoxy) is 1. The highest BCUT2D eigenvalue weighted by Crippen LogP contribution is 2.22. The molecule has 18 heavy (non-hydrogen) atoms. The van der Waals surface area contributed by atoms with E-state index in [9.17, 15) is 4.39 Å². The average Bonchev–Trinajstić information content (AvgIpc) is 2.41. The highest BCUT2D eigenvalue weighted by molar-refractivity contribution is 5.49. The van der Waals surface area contributed by atoms with Crippen molar-refractivity contribution in [1.29, 1.82) is 5.26 Å². The van der Waals surface area contributed by atoms with E-state index in [0.29, 0.717) is 17.9 Å². The van der Waals surface area contributed by atoms with Gasteiger partial charge in [-0.3, -0.25) is 0 Å². The van der Waals surface area contributed by atoms with Crippen LogP contribution in [0.25, 0.3) is 0 Å². The first-order chi connectivity index (χ1) is 8.72. The van der Waals surface area contributed by atoms with Crippen molar-refractivity contribution < 1.29 is 9.13 Å².